The first-order chi connectivity index (χ1) is 11.3. The van der Waals surface area contributed by atoms with E-state index in [9.17, 15) is 0 Å². The second-order valence-electron chi connectivity index (χ2n) is 7.02. The molecular weight excluding hydrogens is 276 g/mol. The summed E-state index contributed by atoms with van der Waals surface area (Å²) in [4.78, 5) is 0. The van der Waals surface area contributed by atoms with E-state index in [-0.39, 0.29) is 0 Å². The van der Waals surface area contributed by atoms with E-state index in [4.69, 9.17) is 0 Å². The number of hydrogen-bond acceptors (Lipinski definition) is 0. The van der Waals surface area contributed by atoms with Crippen LogP contribution >= 0.6 is 0 Å². The normalized spacial score (nSPS) is 17.3. The molecule has 1 atom stereocenters. The van der Waals surface area contributed by atoms with Crippen molar-refractivity contribution in [3.05, 3.63) is 53.6 Å². The van der Waals surface area contributed by atoms with Crippen LogP contribution in [0.5, 0.6) is 0 Å². The van der Waals surface area contributed by atoms with Crippen molar-refractivity contribution >= 4 is 5.57 Å². The monoisotopic (exact) mass is 310 g/mol. The maximum absolute atomic E-state index is 2.42. The van der Waals surface area contributed by atoms with Gasteiger partial charge in [0.15, 0.2) is 0 Å². The van der Waals surface area contributed by atoms with Crippen LogP contribution in [-0.2, 0) is 6.42 Å². The zero-order valence-electron chi connectivity index (χ0n) is 15.2. The van der Waals surface area contributed by atoms with Crippen LogP contribution < -0.4 is 0 Å². The Bertz CT molecular complexity index is 489. The topological polar surface area (TPSA) is 0 Å². The third kappa shape index (κ3) is 6.37. The summed E-state index contributed by atoms with van der Waals surface area (Å²) in [5.74, 6) is 0.760. The Morgan fingerprint density at radius 2 is 1.61 bits per heavy atom. The summed E-state index contributed by atoms with van der Waals surface area (Å²) in [5, 5.41) is 0. The van der Waals surface area contributed by atoms with Gasteiger partial charge in [-0.2, -0.15) is 0 Å². The van der Waals surface area contributed by atoms with Gasteiger partial charge >= 0.3 is 0 Å². The molecule has 0 aromatic heterocycles. The van der Waals surface area contributed by atoms with Crippen LogP contribution in [0.3, 0.4) is 0 Å². The van der Waals surface area contributed by atoms with Crippen molar-refractivity contribution in [2.45, 2.75) is 78.1 Å². The fraction of sp³-hybridized carbons (Fsp3) is 0.565. The van der Waals surface area contributed by atoms with Crippen molar-refractivity contribution in [3.8, 4) is 0 Å². The summed E-state index contributed by atoms with van der Waals surface area (Å²) < 4.78 is 0. The van der Waals surface area contributed by atoms with Gasteiger partial charge in [0.2, 0.25) is 0 Å². The molecule has 0 heteroatoms. The van der Waals surface area contributed by atoms with Gasteiger partial charge in [0.25, 0.3) is 0 Å². The quantitative estimate of drug-likeness (QED) is 0.396. The Hall–Kier alpha value is -1.30. The van der Waals surface area contributed by atoms with Crippen LogP contribution in [0.1, 0.15) is 82.8 Å². The van der Waals surface area contributed by atoms with E-state index in [0.29, 0.717) is 0 Å². The molecule has 0 bridgehead atoms. The smallest absolute Gasteiger partial charge is 0.0187 e. The fourth-order valence-electron chi connectivity index (χ4n) is 3.44. The minimum absolute atomic E-state index is 0.760. The highest BCUT2D eigenvalue weighted by atomic mass is 14.1. The van der Waals surface area contributed by atoms with Gasteiger partial charge in [-0.15, -0.1) is 0 Å². The van der Waals surface area contributed by atoms with E-state index in [0.717, 1.165) is 5.92 Å². The highest BCUT2D eigenvalue weighted by molar-refractivity contribution is 5.75. The number of benzene rings is 1. The first-order valence-corrected chi connectivity index (χ1v) is 9.81. The van der Waals surface area contributed by atoms with Crippen molar-refractivity contribution in [2.75, 3.05) is 0 Å². The lowest BCUT2D eigenvalue weighted by molar-refractivity contribution is 0.585. The summed E-state index contributed by atoms with van der Waals surface area (Å²) in [6.07, 6.45) is 20.5. The van der Waals surface area contributed by atoms with E-state index >= 15 is 0 Å². The molecule has 0 nitrogen and oxygen atoms in total. The molecule has 1 aromatic carbocycles. The Kier molecular flexibility index (Phi) is 8.21. The molecule has 0 saturated carbocycles. The number of aryl methyl sites for hydroxylation is 1. The van der Waals surface area contributed by atoms with Gasteiger partial charge in [-0.3, -0.25) is 0 Å². The number of rotatable bonds is 10. The summed E-state index contributed by atoms with van der Waals surface area (Å²) in [5.41, 5.74) is 4.28. The molecule has 0 amide bonds. The van der Waals surface area contributed by atoms with Gasteiger partial charge in [0, 0.05) is 0 Å². The van der Waals surface area contributed by atoms with Crippen LogP contribution in [0.15, 0.2) is 42.5 Å². The molecule has 1 aliphatic carbocycles. The zero-order valence-corrected chi connectivity index (χ0v) is 15.2. The van der Waals surface area contributed by atoms with Gasteiger partial charge in [0.05, 0.1) is 0 Å². The lowest BCUT2D eigenvalue weighted by atomic mass is 9.90. The van der Waals surface area contributed by atoms with E-state index in [2.05, 4.69) is 56.3 Å². The Labute approximate surface area is 143 Å². The van der Waals surface area contributed by atoms with Crippen LogP contribution in [0.2, 0.25) is 0 Å². The molecular formula is C23H34. The minimum atomic E-state index is 0.760. The molecule has 1 unspecified atom stereocenters. The summed E-state index contributed by atoms with van der Waals surface area (Å²) in [6, 6.07) is 9.27. The molecule has 0 spiro atoms. The van der Waals surface area contributed by atoms with Crippen molar-refractivity contribution in [1.29, 1.82) is 0 Å². The van der Waals surface area contributed by atoms with Crippen LogP contribution in [-0.4, -0.2) is 0 Å². The van der Waals surface area contributed by atoms with Gasteiger partial charge in [-0.05, 0) is 48.3 Å². The third-order valence-corrected chi connectivity index (χ3v) is 4.95. The van der Waals surface area contributed by atoms with Crippen molar-refractivity contribution in [1.82, 2.24) is 0 Å². The van der Waals surface area contributed by atoms with Crippen molar-refractivity contribution in [2.24, 2.45) is 5.92 Å². The number of unbranched alkanes of at least 4 members (excludes halogenated alkanes) is 5. The van der Waals surface area contributed by atoms with E-state index in [1.165, 1.54) is 80.9 Å². The largest absolute Gasteiger partial charge is 0.0805 e. The summed E-state index contributed by atoms with van der Waals surface area (Å²) in [7, 11) is 0. The van der Waals surface area contributed by atoms with E-state index in [1.54, 1.807) is 0 Å². The first kappa shape index (κ1) is 18.0. The fourth-order valence-corrected chi connectivity index (χ4v) is 3.44. The third-order valence-electron chi connectivity index (χ3n) is 4.95. The van der Waals surface area contributed by atoms with Gasteiger partial charge in [0.1, 0.15) is 0 Å². The Balaban J connectivity index is 1.75. The number of allylic oxidation sites excluding steroid dienone is 4. The van der Waals surface area contributed by atoms with Crippen LogP contribution in [0.25, 0.3) is 5.57 Å². The SMILES string of the molecule is CCCCCCCCc1ccc(C2=CCC(CCC)C=C2)cc1. The molecule has 2 rings (SSSR count). The van der Waals surface area contributed by atoms with Crippen molar-refractivity contribution in [3.63, 3.8) is 0 Å². The Morgan fingerprint density at radius 3 is 2.26 bits per heavy atom. The van der Waals surface area contributed by atoms with Gasteiger partial charge in [-0.25, -0.2) is 0 Å². The molecule has 1 aliphatic rings. The summed E-state index contributed by atoms with van der Waals surface area (Å²) in [6.45, 7) is 4.55. The van der Waals surface area contributed by atoms with E-state index in [1.807, 2.05) is 0 Å². The van der Waals surface area contributed by atoms with Gasteiger partial charge < -0.3 is 0 Å². The molecule has 0 saturated heterocycles. The highest BCUT2D eigenvalue weighted by Gasteiger charge is 2.08. The number of hydrogen-bond donors (Lipinski definition) is 0. The second-order valence-corrected chi connectivity index (χ2v) is 7.02. The highest BCUT2D eigenvalue weighted by Crippen LogP contribution is 2.27. The van der Waals surface area contributed by atoms with E-state index < -0.39 is 0 Å². The molecule has 0 aliphatic heterocycles. The molecule has 0 heterocycles. The zero-order chi connectivity index (χ0) is 16.3. The minimum Gasteiger partial charge on any atom is -0.0805 e. The second kappa shape index (κ2) is 10.5. The average molecular weight is 311 g/mol. The Morgan fingerprint density at radius 1 is 0.870 bits per heavy atom. The maximum atomic E-state index is 2.42. The molecule has 126 valence electrons. The molecule has 23 heavy (non-hydrogen) atoms. The summed E-state index contributed by atoms with van der Waals surface area (Å²) >= 11 is 0. The van der Waals surface area contributed by atoms with Crippen LogP contribution in [0.4, 0.5) is 0 Å². The lowest BCUT2D eigenvalue weighted by Gasteiger charge is -2.15. The molecule has 1 aromatic rings. The standard InChI is InChI=1S/C23H34/c1-3-5-6-7-8-9-11-21-14-18-23(19-15-21)22-16-12-20(10-4-2)13-17-22/h12,14-20H,3-11,13H2,1-2H3. The lowest BCUT2D eigenvalue weighted by Crippen LogP contribution is -1.99. The van der Waals surface area contributed by atoms with Crippen molar-refractivity contribution < 1.29 is 0 Å². The van der Waals surface area contributed by atoms with Crippen LogP contribution in [0, 0.1) is 5.92 Å². The maximum Gasteiger partial charge on any atom is -0.0187 e. The predicted octanol–water partition coefficient (Wildman–Crippen LogP) is 7.35. The average Bonchev–Trinajstić information content (AvgIpc) is 2.60. The molecule has 0 radical (unpaired) electrons. The predicted molar refractivity (Wildman–Crippen MR) is 104 cm³/mol. The first-order valence-electron chi connectivity index (χ1n) is 9.81. The molecule has 0 N–H and O–H groups in total. The van der Waals surface area contributed by atoms with Gasteiger partial charge in [-0.1, -0.05) is 94.9 Å². The molecule has 0 fully saturated rings.